The first-order chi connectivity index (χ1) is 8.20. The van der Waals surface area contributed by atoms with Crippen LogP contribution in [-0.2, 0) is 6.42 Å². The quantitative estimate of drug-likeness (QED) is 0.734. The summed E-state index contributed by atoms with van der Waals surface area (Å²) in [4.78, 5) is 20.1. The van der Waals surface area contributed by atoms with Crippen molar-refractivity contribution in [3.8, 4) is 0 Å². The Kier molecular flexibility index (Phi) is 3.53. The van der Waals surface area contributed by atoms with Gasteiger partial charge in [0.1, 0.15) is 5.82 Å². The van der Waals surface area contributed by atoms with Gasteiger partial charge in [-0.15, -0.1) is 0 Å². The molecule has 0 atom stereocenters. The Bertz CT molecular complexity index is 556. The number of unbranched alkanes of at least 4 members (excludes halogenated alkanes) is 2. The number of aromatic nitrogens is 4. The molecule has 3 N–H and O–H groups in total. The van der Waals surface area contributed by atoms with Gasteiger partial charge in [-0.05, 0) is 26.3 Å². The highest BCUT2D eigenvalue weighted by Gasteiger charge is 2.05. The number of nitrogens with two attached hydrogens (primary N) is 1. The summed E-state index contributed by atoms with van der Waals surface area (Å²) in [6, 6.07) is 1.49. The molecule has 0 bridgehead atoms. The minimum absolute atomic E-state index is 0.117. The Morgan fingerprint density at radius 3 is 2.94 bits per heavy atom. The molecular weight excluding hydrogens is 218 g/mol. The second kappa shape index (κ2) is 5.09. The van der Waals surface area contributed by atoms with Crippen LogP contribution >= 0.6 is 0 Å². The normalized spacial score (nSPS) is 11.2. The maximum absolute atomic E-state index is 11.6. The van der Waals surface area contributed by atoms with E-state index in [1.54, 1.807) is 6.92 Å². The molecule has 2 heterocycles. The Morgan fingerprint density at radius 2 is 2.18 bits per heavy atom. The van der Waals surface area contributed by atoms with Gasteiger partial charge in [-0.1, -0.05) is 6.42 Å². The Balaban J connectivity index is 2.15. The summed E-state index contributed by atoms with van der Waals surface area (Å²) in [5.41, 5.74) is 6.00. The third kappa shape index (κ3) is 2.71. The Morgan fingerprint density at radius 1 is 1.35 bits per heavy atom. The average molecular weight is 235 g/mol. The fourth-order valence-electron chi connectivity index (χ4n) is 1.76. The summed E-state index contributed by atoms with van der Waals surface area (Å²) < 4.78 is 1.38. The fraction of sp³-hybridized carbons (Fsp3) is 0.545. The SMILES string of the molecule is Cc1cc(=O)n2[nH]c(CCCCCN)nc2n1. The number of aryl methyl sites for hydroxylation is 2. The number of fused-ring (bicyclic) bond motifs is 1. The van der Waals surface area contributed by atoms with Crippen LogP contribution in [0.2, 0.25) is 0 Å². The summed E-state index contributed by atoms with van der Waals surface area (Å²) in [6.45, 7) is 2.51. The van der Waals surface area contributed by atoms with E-state index in [1.165, 1.54) is 10.6 Å². The van der Waals surface area contributed by atoms with E-state index >= 15 is 0 Å². The maximum Gasteiger partial charge on any atom is 0.274 e. The zero-order valence-electron chi connectivity index (χ0n) is 9.94. The molecule has 0 aliphatic carbocycles. The number of H-pyrrole nitrogens is 1. The lowest BCUT2D eigenvalue weighted by molar-refractivity contribution is 0.667. The van der Waals surface area contributed by atoms with Crippen LogP contribution in [0.15, 0.2) is 10.9 Å². The van der Waals surface area contributed by atoms with Gasteiger partial charge in [0.05, 0.1) is 0 Å². The van der Waals surface area contributed by atoms with Crippen LogP contribution in [0.25, 0.3) is 5.78 Å². The van der Waals surface area contributed by atoms with Gasteiger partial charge in [-0.25, -0.2) is 4.98 Å². The lowest BCUT2D eigenvalue weighted by Gasteiger charge is -1.95. The molecule has 2 aromatic heterocycles. The predicted molar refractivity (Wildman–Crippen MR) is 65.0 cm³/mol. The van der Waals surface area contributed by atoms with Crippen LogP contribution in [0.3, 0.4) is 0 Å². The van der Waals surface area contributed by atoms with Gasteiger partial charge in [0.2, 0.25) is 0 Å². The Hall–Kier alpha value is -1.69. The molecule has 2 aromatic rings. The van der Waals surface area contributed by atoms with Crippen molar-refractivity contribution in [1.82, 2.24) is 19.6 Å². The molecule has 0 unspecified atom stereocenters. The smallest absolute Gasteiger partial charge is 0.274 e. The predicted octanol–water partition coefficient (Wildman–Crippen LogP) is 0.398. The lowest BCUT2D eigenvalue weighted by atomic mass is 10.2. The second-order valence-electron chi connectivity index (χ2n) is 4.14. The molecule has 92 valence electrons. The van der Waals surface area contributed by atoms with Crippen LogP contribution < -0.4 is 11.3 Å². The van der Waals surface area contributed by atoms with Gasteiger partial charge in [-0.2, -0.15) is 9.50 Å². The van der Waals surface area contributed by atoms with Crippen molar-refractivity contribution in [3.05, 3.63) is 27.9 Å². The van der Waals surface area contributed by atoms with Gasteiger partial charge >= 0.3 is 0 Å². The third-order valence-corrected chi connectivity index (χ3v) is 2.62. The molecule has 6 heteroatoms. The molecule has 2 rings (SSSR count). The molecule has 0 saturated heterocycles. The number of hydrogen-bond donors (Lipinski definition) is 2. The molecule has 17 heavy (non-hydrogen) atoms. The summed E-state index contributed by atoms with van der Waals surface area (Å²) in [5, 5.41) is 2.97. The lowest BCUT2D eigenvalue weighted by Crippen LogP contribution is -2.14. The fourth-order valence-corrected chi connectivity index (χ4v) is 1.76. The third-order valence-electron chi connectivity index (χ3n) is 2.62. The van der Waals surface area contributed by atoms with Gasteiger partial charge < -0.3 is 5.73 Å². The van der Waals surface area contributed by atoms with Crippen LogP contribution in [0.4, 0.5) is 0 Å². The molecule has 0 fully saturated rings. The van der Waals surface area contributed by atoms with Crippen molar-refractivity contribution in [2.75, 3.05) is 6.54 Å². The summed E-state index contributed by atoms with van der Waals surface area (Å²) in [5.74, 6) is 1.25. The number of rotatable bonds is 5. The van der Waals surface area contributed by atoms with E-state index in [9.17, 15) is 4.79 Å². The highest BCUT2D eigenvalue weighted by atomic mass is 16.1. The first-order valence-electron chi connectivity index (χ1n) is 5.86. The number of nitrogens with one attached hydrogen (secondary N) is 1. The molecule has 0 aliphatic heterocycles. The first-order valence-corrected chi connectivity index (χ1v) is 5.86. The molecule has 0 radical (unpaired) electrons. The van der Waals surface area contributed by atoms with Crippen molar-refractivity contribution in [2.45, 2.75) is 32.6 Å². The molecule has 0 aliphatic rings. The van der Waals surface area contributed by atoms with Crippen LogP contribution in [0.5, 0.6) is 0 Å². The molecule has 0 spiro atoms. The van der Waals surface area contributed by atoms with Gasteiger partial charge in [0, 0.05) is 18.2 Å². The van der Waals surface area contributed by atoms with E-state index in [0.717, 1.165) is 38.1 Å². The van der Waals surface area contributed by atoms with E-state index in [-0.39, 0.29) is 5.56 Å². The minimum atomic E-state index is -0.117. The number of hydrogen-bond acceptors (Lipinski definition) is 4. The maximum atomic E-state index is 11.6. The van der Waals surface area contributed by atoms with Gasteiger partial charge in [-0.3, -0.25) is 9.89 Å². The highest BCUT2D eigenvalue weighted by Crippen LogP contribution is 2.03. The van der Waals surface area contributed by atoms with E-state index in [0.29, 0.717) is 11.5 Å². The van der Waals surface area contributed by atoms with E-state index in [4.69, 9.17) is 5.73 Å². The minimum Gasteiger partial charge on any atom is -0.330 e. The first kappa shape index (κ1) is 11.8. The molecule has 0 amide bonds. The van der Waals surface area contributed by atoms with Crippen LogP contribution in [-0.4, -0.2) is 26.1 Å². The van der Waals surface area contributed by atoms with Crippen LogP contribution in [0.1, 0.15) is 30.8 Å². The van der Waals surface area contributed by atoms with E-state index in [1.807, 2.05) is 0 Å². The van der Waals surface area contributed by atoms with Gasteiger partial charge in [0.25, 0.3) is 11.3 Å². The molecular formula is C11H17N5O. The second-order valence-corrected chi connectivity index (χ2v) is 4.14. The average Bonchev–Trinajstić information content (AvgIpc) is 2.67. The standard InChI is InChI=1S/C11H17N5O/c1-8-7-10(17)16-11(13-8)14-9(15-16)5-3-2-4-6-12/h7H,2-6,12H2,1H3,(H,13,14,15). The van der Waals surface area contributed by atoms with Crippen molar-refractivity contribution in [3.63, 3.8) is 0 Å². The summed E-state index contributed by atoms with van der Waals surface area (Å²) in [7, 11) is 0. The zero-order valence-corrected chi connectivity index (χ0v) is 9.94. The topological polar surface area (TPSA) is 89.1 Å². The number of aromatic amines is 1. The molecule has 0 aromatic carbocycles. The summed E-state index contributed by atoms with van der Waals surface area (Å²) in [6.07, 6.45) is 3.94. The monoisotopic (exact) mass is 235 g/mol. The van der Waals surface area contributed by atoms with Crippen molar-refractivity contribution < 1.29 is 0 Å². The largest absolute Gasteiger partial charge is 0.330 e. The van der Waals surface area contributed by atoms with Gasteiger partial charge in [0.15, 0.2) is 0 Å². The van der Waals surface area contributed by atoms with E-state index in [2.05, 4.69) is 15.1 Å². The van der Waals surface area contributed by atoms with Crippen molar-refractivity contribution in [1.29, 1.82) is 0 Å². The zero-order chi connectivity index (χ0) is 12.3. The van der Waals surface area contributed by atoms with Crippen molar-refractivity contribution >= 4 is 5.78 Å². The summed E-state index contributed by atoms with van der Waals surface area (Å²) >= 11 is 0. The van der Waals surface area contributed by atoms with Crippen LogP contribution in [0, 0.1) is 6.92 Å². The highest BCUT2D eigenvalue weighted by molar-refractivity contribution is 5.27. The van der Waals surface area contributed by atoms with E-state index < -0.39 is 0 Å². The molecule has 0 saturated carbocycles. The molecule has 6 nitrogen and oxygen atoms in total. The Labute approximate surface area is 98.9 Å². The number of nitrogens with zero attached hydrogens (tertiary/aromatic N) is 3. The van der Waals surface area contributed by atoms with Crippen molar-refractivity contribution in [2.24, 2.45) is 5.73 Å².